The number of hydrogen-bond donors (Lipinski definition) is 0. The Morgan fingerprint density at radius 3 is 1.03 bits per heavy atom. The smallest absolute Gasteiger partial charge is 0.121 e. The zero-order valence-electron chi connectivity index (χ0n) is 33.4. The van der Waals surface area contributed by atoms with Gasteiger partial charge in [-0.1, -0.05) is 133 Å². The fourth-order valence-electron chi connectivity index (χ4n) is 7.77. The minimum absolute atomic E-state index is 0. The SMILES string of the molecule is Cc1ccc([PH+](c2ccc(C)cc2N(c2ccccc2)c2ccccc2)C(C)C)c(N(c2ccccc2)c2ccccc2)c1.[Cu].c1ccc2c(c1)[n-]c1ccccc12. The Morgan fingerprint density at radius 2 is 0.707 bits per heavy atom. The van der Waals surface area contributed by atoms with Crippen molar-refractivity contribution in [1.82, 2.24) is 4.98 Å². The van der Waals surface area contributed by atoms with Crippen LogP contribution in [0.3, 0.4) is 0 Å². The second-order valence-corrected chi connectivity index (χ2v) is 17.8. The van der Waals surface area contributed by atoms with Crippen molar-refractivity contribution in [3.05, 3.63) is 217 Å². The largest absolute Gasteiger partial charge is 0.657 e. The summed E-state index contributed by atoms with van der Waals surface area (Å²) in [5, 5.41) is 5.32. The van der Waals surface area contributed by atoms with Crippen molar-refractivity contribution < 1.29 is 17.1 Å². The summed E-state index contributed by atoms with van der Waals surface area (Å²) in [6, 6.07) is 73.7. The Balaban J connectivity index is 0.000000307. The van der Waals surface area contributed by atoms with E-state index < -0.39 is 7.92 Å². The van der Waals surface area contributed by atoms with Gasteiger partial charge in [0.2, 0.25) is 0 Å². The quantitative estimate of drug-likeness (QED) is 0.107. The Kier molecular flexibility index (Phi) is 12.9. The van der Waals surface area contributed by atoms with Gasteiger partial charge in [-0.2, -0.15) is 0 Å². The van der Waals surface area contributed by atoms with E-state index in [1.165, 1.54) is 43.9 Å². The van der Waals surface area contributed by atoms with Crippen molar-refractivity contribution >= 4 is 74.5 Å². The molecular formula is C53H48CuN3P. The van der Waals surface area contributed by atoms with Crippen LogP contribution in [-0.4, -0.2) is 5.66 Å². The molecule has 0 aliphatic rings. The van der Waals surface area contributed by atoms with Gasteiger partial charge in [0.15, 0.2) is 0 Å². The van der Waals surface area contributed by atoms with Crippen LogP contribution in [-0.2, 0) is 17.1 Å². The summed E-state index contributed by atoms with van der Waals surface area (Å²) in [6.45, 7) is 9.19. The van der Waals surface area contributed by atoms with Crippen LogP contribution in [0.4, 0.5) is 34.1 Å². The van der Waals surface area contributed by atoms with Gasteiger partial charge in [0.25, 0.3) is 0 Å². The van der Waals surface area contributed by atoms with E-state index in [0.717, 1.165) is 33.8 Å². The number of fused-ring (bicyclic) bond motifs is 3. The molecule has 3 nitrogen and oxygen atoms in total. The predicted molar refractivity (Wildman–Crippen MR) is 249 cm³/mol. The van der Waals surface area contributed by atoms with Crippen LogP contribution in [0.1, 0.15) is 25.0 Å². The van der Waals surface area contributed by atoms with E-state index in [-0.39, 0.29) is 17.1 Å². The average Bonchev–Trinajstić information content (AvgIpc) is 3.63. The third-order valence-electron chi connectivity index (χ3n) is 10.3. The van der Waals surface area contributed by atoms with E-state index in [0.29, 0.717) is 5.66 Å². The van der Waals surface area contributed by atoms with E-state index in [1.54, 1.807) is 0 Å². The van der Waals surface area contributed by atoms with Crippen LogP contribution in [0, 0.1) is 13.8 Å². The molecule has 9 aromatic rings. The number of rotatable bonds is 9. The van der Waals surface area contributed by atoms with Crippen molar-refractivity contribution in [2.45, 2.75) is 33.4 Å². The maximum atomic E-state index is 4.52. The summed E-state index contributed by atoms with van der Waals surface area (Å²) in [6.07, 6.45) is 0. The van der Waals surface area contributed by atoms with E-state index in [4.69, 9.17) is 0 Å². The van der Waals surface area contributed by atoms with Gasteiger partial charge in [-0.25, -0.2) is 0 Å². The molecule has 9 rings (SSSR count). The number of anilines is 6. The third-order valence-corrected chi connectivity index (χ3v) is 13.5. The minimum Gasteiger partial charge on any atom is -0.657 e. The van der Waals surface area contributed by atoms with Gasteiger partial charge in [0.1, 0.15) is 10.6 Å². The summed E-state index contributed by atoms with van der Waals surface area (Å²) in [5.41, 5.74) is 12.3. The van der Waals surface area contributed by atoms with Crippen molar-refractivity contribution in [2.75, 3.05) is 9.80 Å². The Bertz CT molecular complexity index is 2440. The first kappa shape index (κ1) is 40.3. The van der Waals surface area contributed by atoms with Crippen LogP contribution >= 0.6 is 7.92 Å². The third kappa shape index (κ3) is 8.66. The first-order chi connectivity index (χ1) is 28.0. The summed E-state index contributed by atoms with van der Waals surface area (Å²) in [5.74, 6) is 0. The molecule has 0 aliphatic carbocycles. The van der Waals surface area contributed by atoms with Gasteiger partial charge in [-0.15, -0.1) is 11.0 Å². The second-order valence-electron chi connectivity index (χ2n) is 14.8. The maximum absolute atomic E-state index is 4.52. The molecule has 0 saturated heterocycles. The molecule has 1 aromatic heterocycles. The van der Waals surface area contributed by atoms with E-state index in [9.17, 15) is 0 Å². The molecule has 1 heterocycles. The van der Waals surface area contributed by atoms with Gasteiger partial charge in [-0.05, 0) is 122 Å². The van der Waals surface area contributed by atoms with E-state index >= 15 is 0 Å². The van der Waals surface area contributed by atoms with Gasteiger partial charge in [0.05, 0.1) is 25.0 Å². The molecule has 0 aliphatic heterocycles. The molecule has 0 saturated carbocycles. The Labute approximate surface area is 355 Å². The molecule has 0 N–H and O–H groups in total. The van der Waals surface area contributed by atoms with Crippen molar-refractivity contribution in [3.8, 4) is 0 Å². The van der Waals surface area contributed by atoms with Crippen molar-refractivity contribution in [2.24, 2.45) is 0 Å². The van der Waals surface area contributed by atoms with Crippen LogP contribution in [0.15, 0.2) is 206 Å². The summed E-state index contributed by atoms with van der Waals surface area (Å²) in [7, 11) is -1.31. The average molecular weight is 822 g/mol. The van der Waals surface area contributed by atoms with E-state index in [1.807, 2.05) is 12.1 Å². The molecule has 5 heteroatoms. The summed E-state index contributed by atoms with van der Waals surface area (Å²) < 4.78 is 0. The van der Waals surface area contributed by atoms with Gasteiger partial charge >= 0.3 is 0 Å². The number of aryl methyl sites for hydroxylation is 2. The first-order valence-electron chi connectivity index (χ1n) is 19.8. The van der Waals surface area contributed by atoms with Crippen LogP contribution in [0.25, 0.3) is 21.8 Å². The van der Waals surface area contributed by atoms with Gasteiger partial charge in [0, 0.05) is 39.8 Å². The molecule has 1 radical (unpaired) electrons. The monoisotopic (exact) mass is 820 g/mol. The zero-order chi connectivity index (χ0) is 39.1. The standard InChI is InChI=1S/C41H39N2P.C12H8N.Cu/c1-31(2)44(40-27-25-32(3)29-38(40)42(34-17-9-5-10-18-34)35-19-11-6-12-20-35)41-28-26-33(4)30-39(41)43(36-21-13-7-14-22-36)37-23-15-8-16-24-37;1-3-7-11-9(5-1)10-6-2-4-8-12(10)13-11;/h5-31H,1-4H3;1-8H;/q;-1;/p+1. The maximum Gasteiger partial charge on any atom is 0.121 e. The van der Waals surface area contributed by atoms with Crippen LogP contribution < -0.4 is 25.4 Å². The fourth-order valence-corrected chi connectivity index (χ4v) is 10.7. The van der Waals surface area contributed by atoms with Crippen LogP contribution in [0.5, 0.6) is 0 Å². The number of hydrogen-bond acceptors (Lipinski definition) is 2. The predicted octanol–water partition coefficient (Wildman–Crippen LogP) is 13.8. The second kappa shape index (κ2) is 18.6. The molecule has 0 spiro atoms. The molecule has 58 heavy (non-hydrogen) atoms. The summed E-state index contributed by atoms with van der Waals surface area (Å²) in [4.78, 5) is 9.39. The topological polar surface area (TPSA) is 20.6 Å². The van der Waals surface area contributed by atoms with Gasteiger partial charge < -0.3 is 14.8 Å². The molecule has 0 fully saturated rings. The number of para-hydroxylation sites is 6. The molecule has 8 aromatic carbocycles. The van der Waals surface area contributed by atoms with E-state index in [2.05, 4.69) is 237 Å². The number of benzene rings is 8. The normalized spacial score (nSPS) is 10.9. The molecule has 0 unspecified atom stereocenters. The molecule has 291 valence electrons. The molecule has 0 amide bonds. The Hall–Kier alpha value is -5.89. The van der Waals surface area contributed by atoms with Crippen molar-refractivity contribution in [1.29, 1.82) is 0 Å². The molecular weight excluding hydrogens is 773 g/mol. The van der Waals surface area contributed by atoms with Crippen molar-refractivity contribution in [3.63, 3.8) is 0 Å². The zero-order valence-corrected chi connectivity index (χ0v) is 35.3. The minimum atomic E-state index is -1.31. The first-order valence-corrected chi connectivity index (χ1v) is 21.3. The molecule has 0 atom stereocenters. The molecule has 0 bridgehead atoms. The fraction of sp³-hybridized carbons (Fsp3) is 0.0943. The van der Waals surface area contributed by atoms with Crippen LogP contribution in [0.2, 0.25) is 0 Å². The van der Waals surface area contributed by atoms with Gasteiger partial charge in [-0.3, -0.25) is 0 Å². The number of aromatic nitrogens is 1. The summed E-state index contributed by atoms with van der Waals surface area (Å²) >= 11 is 0. The Morgan fingerprint density at radius 1 is 0.397 bits per heavy atom. The number of nitrogens with zero attached hydrogens (tertiary/aromatic N) is 3.